The van der Waals surface area contributed by atoms with Gasteiger partial charge in [-0.1, -0.05) is 12.7 Å². The lowest BCUT2D eigenvalue weighted by Crippen LogP contribution is -2.13. The lowest BCUT2D eigenvalue weighted by molar-refractivity contribution is 1.09. The van der Waals surface area contributed by atoms with Crippen molar-refractivity contribution in [3.05, 3.63) is 34.9 Å². The van der Waals surface area contributed by atoms with Gasteiger partial charge in [-0.2, -0.15) is 0 Å². The Morgan fingerprint density at radius 2 is 1.71 bits per heavy atom. The molecule has 0 spiro atoms. The van der Waals surface area contributed by atoms with Crippen LogP contribution in [0, 0.1) is 20.8 Å². The van der Waals surface area contributed by atoms with E-state index in [2.05, 4.69) is 52.4 Å². The highest BCUT2D eigenvalue weighted by Crippen LogP contribution is 2.29. The first-order valence-corrected chi connectivity index (χ1v) is 4.89. The predicted molar refractivity (Wildman–Crippen MR) is 65.1 cm³/mol. The first kappa shape index (κ1) is 10.8. The molecule has 1 nitrogen and oxygen atoms in total. The van der Waals surface area contributed by atoms with E-state index in [0.29, 0.717) is 0 Å². The van der Waals surface area contributed by atoms with E-state index in [1.54, 1.807) is 0 Å². The minimum absolute atomic E-state index is 1.22. The van der Waals surface area contributed by atoms with Crippen molar-refractivity contribution in [3.8, 4) is 0 Å². The van der Waals surface area contributed by atoms with Crippen LogP contribution in [0.5, 0.6) is 0 Å². The van der Waals surface area contributed by atoms with E-state index < -0.39 is 0 Å². The summed E-state index contributed by atoms with van der Waals surface area (Å²) in [5.41, 5.74) is 6.56. The molecule has 0 aliphatic carbocycles. The summed E-state index contributed by atoms with van der Waals surface area (Å²) < 4.78 is 0. The monoisotopic (exact) mass is 189 g/mol. The summed E-state index contributed by atoms with van der Waals surface area (Å²) in [5.74, 6) is 0. The van der Waals surface area contributed by atoms with Gasteiger partial charge >= 0.3 is 0 Å². The summed E-state index contributed by atoms with van der Waals surface area (Å²) in [7, 11) is 4.15. The van der Waals surface area contributed by atoms with Crippen LogP contribution >= 0.6 is 0 Å². The highest BCUT2D eigenvalue weighted by Gasteiger charge is 2.09. The fourth-order valence-corrected chi connectivity index (χ4v) is 1.85. The lowest BCUT2D eigenvalue weighted by atomic mass is 9.97. The quantitative estimate of drug-likeness (QED) is 0.690. The number of benzene rings is 1. The molecule has 0 radical (unpaired) electrons. The molecule has 1 rings (SSSR count). The van der Waals surface area contributed by atoms with Gasteiger partial charge < -0.3 is 4.90 Å². The van der Waals surface area contributed by atoms with Crippen LogP contribution in [0.4, 0.5) is 5.69 Å². The second-order valence-electron chi connectivity index (χ2n) is 3.98. The van der Waals surface area contributed by atoms with E-state index in [1.165, 1.54) is 27.9 Å². The van der Waals surface area contributed by atoms with Gasteiger partial charge in [0.15, 0.2) is 0 Å². The smallest absolute Gasteiger partial charge is 0.0466 e. The van der Waals surface area contributed by atoms with Gasteiger partial charge in [0.1, 0.15) is 0 Å². The van der Waals surface area contributed by atoms with E-state index in [-0.39, 0.29) is 0 Å². The molecule has 1 aromatic rings. The van der Waals surface area contributed by atoms with Crippen molar-refractivity contribution in [3.63, 3.8) is 0 Å². The number of anilines is 1. The Balaban J connectivity index is 3.52. The minimum atomic E-state index is 1.22. The molecule has 0 aromatic heterocycles. The topological polar surface area (TPSA) is 3.24 Å². The van der Waals surface area contributed by atoms with Crippen molar-refractivity contribution >= 4 is 11.8 Å². The summed E-state index contributed by atoms with van der Waals surface area (Å²) in [4.78, 5) is 2.15. The van der Waals surface area contributed by atoms with E-state index in [9.17, 15) is 0 Å². The zero-order valence-corrected chi connectivity index (χ0v) is 9.81. The third-order valence-electron chi connectivity index (χ3n) is 2.82. The number of nitrogens with zero attached hydrogens (tertiary/aromatic N) is 1. The van der Waals surface area contributed by atoms with Crippen molar-refractivity contribution in [1.82, 2.24) is 0 Å². The molecule has 14 heavy (non-hydrogen) atoms. The molecule has 1 aromatic carbocycles. The van der Waals surface area contributed by atoms with E-state index >= 15 is 0 Å². The largest absolute Gasteiger partial charge is 0.377 e. The number of hydrogen-bond acceptors (Lipinski definition) is 1. The zero-order chi connectivity index (χ0) is 10.9. The molecular weight excluding hydrogens is 170 g/mol. The van der Waals surface area contributed by atoms with Crippen LogP contribution in [-0.2, 0) is 0 Å². The molecule has 76 valence electrons. The average molecular weight is 189 g/mol. The van der Waals surface area contributed by atoms with Gasteiger partial charge in [0.05, 0.1) is 0 Å². The first-order chi connectivity index (χ1) is 6.49. The third-order valence-corrected chi connectivity index (χ3v) is 2.82. The molecule has 0 amide bonds. The Bertz CT molecular complexity index is 362. The molecule has 0 saturated carbocycles. The van der Waals surface area contributed by atoms with Crippen molar-refractivity contribution < 1.29 is 0 Å². The maximum atomic E-state index is 3.86. The van der Waals surface area contributed by atoms with Gasteiger partial charge in [-0.25, -0.2) is 0 Å². The first-order valence-electron chi connectivity index (χ1n) is 4.89. The van der Waals surface area contributed by atoms with Gasteiger partial charge in [-0.05, 0) is 49.1 Å². The van der Waals surface area contributed by atoms with Crippen LogP contribution in [0.15, 0.2) is 12.6 Å². The molecule has 0 bridgehead atoms. The van der Waals surface area contributed by atoms with Crippen LogP contribution < -0.4 is 4.90 Å². The molecule has 1 heteroatoms. The Hall–Kier alpha value is -1.24. The highest BCUT2D eigenvalue weighted by molar-refractivity contribution is 5.72. The van der Waals surface area contributed by atoms with Crippen LogP contribution in [0.25, 0.3) is 6.08 Å². The molecule has 0 aliphatic rings. The molecule has 0 heterocycles. The minimum Gasteiger partial charge on any atom is -0.377 e. The molecule has 0 saturated heterocycles. The SMILES string of the molecule is C=Cc1cc(C)c(C)c(C)c1N(C)C. The van der Waals surface area contributed by atoms with E-state index in [0.717, 1.165) is 0 Å². The Labute approximate surface area is 87.1 Å². The van der Waals surface area contributed by atoms with Gasteiger partial charge in [0.25, 0.3) is 0 Å². The lowest BCUT2D eigenvalue weighted by Gasteiger charge is -2.21. The molecule has 0 N–H and O–H groups in total. The second-order valence-corrected chi connectivity index (χ2v) is 3.98. The van der Waals surface area contributed by atoms with Crippen molar-refractivity contribution in [1.29, 1.82) is 0 Å². The summed E-state index contributed by atoms with van der Waals surface area (Å²) in [6, 6.07) is 2.20. The van der Waals surface area contributed by atoms with E-state index in [1.807, 2.05) is 6.08 Å². The number of rotatable bonds is 2. The van der Waals surface area contributed by atoms with Gasteiger partial charge in [0, 0.05) is 19.8 Å². The Morgan fingerprint density at radius 3 is 2.14 bits per heavy atom. The maximum Gasteiger partial charge on any atom is 0.0466 e. The van der Waals surface area contributed by atoms with Gasteiger partial charge in [-0.15, -0.1) is 0 Å². The third kappa shape index (κ3) is 1.67. The zero-order valence-electron chi connectivity index (χ0n) is 9.81. The maximum absolute atomic E-state index is 3.86. The Kier molecular flexibility index (Phi) is 3.00. The van der Waals surface area contributed by atoms with Crippen molar-refractivity contribution in [2.24, 2.45) is 0 Å². The normalized spacial score (nSPS) is 10.1. The average Bonchev–Trinajstić information content (AvgIpc) is 2.12. The molecular formula is C13H19N. The molecule has 0 atom stereocenters. The summed E-state index contributed by atoms with van der Waals surface area (Å²) in [6.07, 6.45) is 1.93. The molecule has 0 aliphatic heterocycles. The fraction of sp³-hybridized carbons (Fsp3) is 0.385. The molecule has 0 unspecified atom stereocenters. The van der Waals surface area contributed by atoms with Crippen LogP contribution in [0.3, 0.4) is 0 Å². The summed E-state index contributed by atoms with van der Waals surface area (Å²) >= 11 is 0. The molecule has 0 fully saturated rings. The van der Waals surface area contributed by atoms with Crippen molar-refractivity contribution in [2.45, 2.75) is 20.8 Å². The van der Waals surface area contributed by atoms with Crippen LogP contribution in [0.1, 0.15) is 22.3 Å². The van der Waals surface area contributed by atoms with Crippen LogP contribution in [0.2, 0.25) is 0 Å². The van der Waals surface area contributed by atoms with Crippen molar-refractivity contribution in [2.75, 3.05) is 19.0 Å². The summed E-state index contributed by atoms with van der Waals surface area (Å²) in [5, 5.41) is 0. The number of aryl methyl sites for hydroxylation is 1. The number of hydrogen-bond donors (Lipinski definition) is 0. The van der Waals surface area contributed by atoms with Gasteiger partial charge in [-0.3, -0.25) is 0 Å². The van der Waals surface area contributed by atoms with Crippen LogP contribution in [-0.4, -0.2) is 14.1 Å². The second kappa shape index (κ2) is 3.87. The standard InChI is InChI=1S/C13H19N/c1-7-12-8-9(2)10(3)11(4)13(12)14(5)6/h7-8H,1H2,2-6H3. The van der Waals surface area contributed by atoms with E-state index in [4.69, 9.17) is 0 Å². The van der Waals surface area contributed by atoms with Gasteiger partial charge in [0.2, 0.25) is 0 Å². The highest BCUT2D eigenvalue weighted by atomic mass is 15.1. The fourth-order valence-electron chi connectivity index (χ4n) is 1.85. The Morgan fingerprint density at radius 1 is 1.14 bits per heavy atom. The summed E-state index contributed by atoms with van der Waals surface area (Å²) in [6.45, 7) is 10.3. The predicted octanol–water partition coefficient (Wildman–Crippen LogP) is 3.32.